The third-order valence-corrected chi connectivity index (χ3v) is 3.79. The molecule has 0 aliphatic heterocycles. The summed E-state index contributed by atoms with van der Waals surface area (Å²) in [6, 6.07) is 9.96. The van der Waals surface area contributed by atoms with Crippen LogP contribution in [-0.2, 0) is 12.3 Å². The molecule has 0 aliphatic rings. The Kier molecular flexibility index (Phi) is 4.91. The van der Waals surface area contributed by atoms with Crippen molar-refractivity contribution >= 4 is 5.78 Å². The zero-order valence-corrected chi connectivity index (χ0v) is 13.8. The molecule has 3 rings (SSSR count). The van der Waals surface area contributed by atoms with Crippen molar-refractivity contribution < 1.29 is 13.5 Å². The second-order valence-electron chi connectivity index (χ2n) is 5.76. The van der Waals surface area contributed by atoms with Crippen LogP contribution in [0, 0.1) is 13.8 Å². The van der Waals surface area contributed by atoms with Crippen LogP contribution in [0.1, 0.15) is 41.7 Å². The first-order valence-corrected chi connectivity index (χ1v) is 7.56. The SMILES string of the molecule is CCC(F)(F)c1nc2nc(C)cc(Cc3ccc(C)cc3)n2n1.F. The van der Waals surface area contributed by atoms with Crippen LogP contribution >= 0.6 is 0 Å². The second kappa shape index (κ2) is 6.59. The van der Waals surface area contributed by atoms with E-state index in [9.17, 15) is 8.78 Å². The van der Waals surface area contributed by atoms with Gasteiger partial charge in [0.15, 0.2) is 0 Å². The highest BCUT2D eigenvalue weighted by molar-refractivity contribution is 5.35. The number of hydrogen-bond donors (Lipinski definition) is 0. The molecule has 128 valence electrons. The van der Waals surface area contributed by atoms with Gasteiger partial charge in [0.25, 0.3) is 5.78 Å². The molecule has 0 saturated heterocycles. The second-order valence-corrected chi connectivity index (χ2v) is 5.76. The minimum atomic E-state index is -3.04. The zero-order chi connectivity index (χ0) is 16.6. The molecule has 1 aromatic carbocycles. The fourth-order valence-electron chi connectivity index (χ4n) is 2.42. The molecule has 0 atom stereocenters. The van der Waals surface area contributed by atoms with Gasteiger partial charge in [0.1, 0.15) is 0 Å². The van der Waals surface area contributed by atoms with E-state index in [4.69, 9.17) is 0 Å². The summed E-state index contributed by atoms with van der Waals surface area (Å²) in [6.07, 6.45) is 0.247. The van der Waals surface area contributed by atoms with Crippen LogP contribution in [0.3, 0.4) is 0 Å². The normalized spacial score (nSPS) is 11.5. The summed E-state index contributed by atoms with van der Waals surface area (Å²) in [5.74, 6) is -3.29. The highest BCUT2D eigenvalue weighted by Crippen LogP contribution is 2.29. The molecule has 3 aromatic rings. The van der Waals surface area contributed by atoms with Crippen molar-refractivity contribution in [3.05, 3.63) is 58.7 Å². The Hall–Kier alpha value is -2.44. The van der Waals surface area contributed by atoms with Crippen LogP contribution < -0.4 is 0 Å². The molecule has 0 aliphatic carbocycles. The van der Waals surface area contributed by atoms with E-state index in [1.807, 2.05) is 44.2 Å². The molecule has 0 fully saturated rings. The Morgan fingerprint density at radius 2 is 1.75 bits per heavy atom. The molecule has 0 bridgehead atoms. The largest absolute Gasteiger partial charge is 0.308 e. The number of aryl methyl sites for hydroxylation is 2. The summed E-state index contributed by atoms with van der Waals surface area (Å²) in [7, 11) is 0. The molecule has 0 saturated carbocycles. The zero-order valence-electron chi connectivity index (χ0n) is 13.8. The molecule has 0 spiro atoms. The molecular formula is C17H19F3N4. The predicted molar refractivity (Wildman–Crippen MR) is 86.2 cm³/mol. The minimum absolute atomic E-state index is 0. The highest BCUT2D eigenvalue weighted by atomic mass is 19.3. The molecule has 0 N–H and O–H groups in total. The summed E-state index contributed by atoms with van der Waals surface area (Å²) in [5.41, 5.74) is 3.79. The number of hydrogen-bond acceptors (Lipinski definition) is 3. The van der Waals surface area contributed by atoms with Gasteiger partial charge in [-0.2, -0.15) is 13.8 Å². The lowest BCUT2D eigenvalue weighted by atomic mass is 10.1. The molecule has 7 heteroatoms. The average Bonchev–Trinajstić information content (AvgIpc) is 2.94. The number of halogens is 3. The van der Waals surface area contributed by atoms with Crippen molar-refractivity contribution in [2.45, 2.75) is 39.5 Å². The quantitative estimate of drug-likeness (QED) is 0.724. The lowest BCUT2D eigenvalue weighted by Gasteiger charge is -2.08. The fourth-order valence-corrected chi connectivity index (χ4v) is 2.42. The Balaban J connectivity index is 0.00000208. The van der Waals surface area contributed by atoms with E-state index in [1.165, 1.54) is 17.0 Å². The van der Waals surface area contributed by atoms with Crippen LogP contribution in [-0.4, -0.2) is 19.6 Å². The van der Waals surface area contributed by atoms with Crippen LogP contribution in [0.4, 0.5) is 13.5 Å². The fraction of sp³-hybridized carbons (Fsp3) is 0.353. The van der Waals surface area contributed by atoms with Gasteiger partial charge in [-0.15, -0.1) is 5.10 Å². The van der Waals surface area contributed by atoms with Crippen molar-refractivity contribution in [2.24, 2.45) is 0 Å². The van der Waals surface area contributed by atoms with E-state index in [0.717, 1.165) is 17.0 Å². The van der Waals surface area contributed by atoms with Gasteiger partial charge in [-0.1, -0.05) is 36.8 Å². The summed E-state index contributed by atoms with van der Waals surface area (Å²) >= 11 is 0. The molecule has 2 aromatic heterocycles. The molecule has 2 heterocycles. The maximum atomic E-state index is 13.9. The first kappa shape index (κ1) is 17.9. The molecule has 4 nitrogen and oxygen atoms in total. The third kappa shape index (κ3) is 3.39. The summed E-state index contributed by atoms with van der Waals surface area (Å²) < 4.78 is 29.1. The Labute approximate surface area is 137 Å². The average molecular weight is 336 g/mol. The third-order valence-electron chi connectivity index (χ3n) is 3.79. The van der Waals surface area contributed by atoms with Crippen LogP contribution in [0.15, 0.2) is 30.3 Å². The number of alkyl halides is 2. The number of benzene rings is 1. The van der Waals surface area contributed by atoms with E-state index in [-0.39, 0.29) is 16.9 Å². The summed E-state index contributed by atoms with van der Waals surface area (Å²) in [4.78, 5) is 8.14. The number of nitrogens with zero attached hydrogens (tertiary/aromatic N) is 4. The molecule has 24 heavy (non-hydrogen) atoms. The Bertz CT molecular complexity index is 841. The van der Waals surface area contributed by atoms with Gasteiger partial charge in [0.2, 0.25) is 5.82 Å². The monoisotopic (exact) mass is 336 g/mol. The van der Waals surface area contributed by atoms with Gasteiger partial charge < -0.3 is 0 Å². The van der Waals surface area contributed by atoms with Gasteiger partial charge in [0.05, 0.1) is 5.69 Å². The predicted octanol–water partition coefficient (Wildman–Crippen LogP) is 3.99. The van der Waals surface area contributed by atoms with Crippen LogP contribution in [0.5, 0.6) is 0 Å². The maximum absolute atomic E-state index is 13.9. The Morgan fingerprint density at radius 1 is 1.08 bits per heavy atom. The number of rotatable bonds is 4. The molecule has 0 amide bonds. The molecule has 0 radical (unpaired) electrons. The molecular weight excluding hydrogens is 317 g/mol. The topological polar surface area (TPSA) is 43.1 Å². The van der Waals surface area contributed by atoms with Crippen LogP contribution in [0.25, 0.3) is 5.78 Å². The van der Waals surface area contributed by atoms with E-state index >= 15 is 0 Å². The summed E-state index contributed by atoms with van der Waals surface area (Å²) in [6.45, 7) is 5.26. The number of aromatic nitrogens is 4. The lowest BCUT2D eigenvalue weighted by Crippen LogP contribution is -2.14. The van der Waals surface area contributed by atoms with Crippen molar-refractivity contribution in [3.8, 4) is 0 Å². The van der Waals surface area contributed by atoms with Gasteiger partial charge in [-0.3, -0.25) is 4.70 Å². The van der Waals surface area contributed by atoms with Gasteiger partial charge in [-0.05, 0) is 25.5 Å². The number of fused-ring (bicyclic) bond motifs is 1. The first-order chi connectivity index (χ1) is 10.9. The van der Waals surface area contributed by atoms with Gasteiger partial charge in [-0.25, -0.2) is 9.50 Å². The van der Waals surface area contributed by atoms with Crippen molar-refractivity contribution in [2.75, 3.05) is 0 Å². The van der Waals surface area contributed by atoms with Gasteiger partial charge in [0, 0.05) is 18.5 Å². The van der Waals surface area contributed by atoms with E-state index in [0.29, 0.717) is 6.42 Å². The van der Waals surface area contributed by atoms with Crippen LogP contribution in [0.2, 0.25) is 0 Å². The van der Waals surface area contributed by atoms with E-state index in [2.05, 4.69) is 15.1 Å². The standard InChI is InChI=1S/C17H18F2N4.FH/c1-4-17(18,19)15-21-16-20-12(3)9-14(23(16)22-15)10-13-7-5-11(2)6-8-13;/h5-9H,4,10H2,1-3H3;1H. The van der Waals surface area contributed by atoms with Gasteiger partial charge >= 0.3 is 5.92 Å². The maximum Gasteiger partial charge on any atom is 0.308 e. The smallest absolute Gasteiger partial charge is 0.269 e. The van der Waals surface area contributed by atoms with E-state index in [1.54, 1.807) is 0 Å². The first-order valence-electron chi connectivity index (χ1n) is 7.56. The van der Waals surface area contributed by atoms with Crippen molar-refractivity contribution in [1.29, 1.82) is 0 Å². The Morgan fingerprint density at radius 3 is 2.38 bits per heavy atom. The minimum Gasteiger partial charge on any atom is -0.269 e. The van der Waals surface area contributed by atoms with Crippen molar-refractivity contribution in [1.82, 2.24) is 19.6 Å². The van der Waals surface area contributed by atoms with E-state index < -0.39 is 11.7 Å². The van der Waals surface area contributed by atoms with Crippen molar-refractivity contribution in [3.63, 3.8) is 0 Å². The summed E-state index contributed by atoms with van der Waals surface area (Å²) in [5, 5.41) is 4.00. The molecule has 0 unspecified atom stereocenters. The lowest BCUT2D eigenvalue weighted by molar-refractivity contribution is -0.0173. The highest BCUT2D eigenvalue weighted by Gasteiger charge is 2.34.